The lowest BCUT2D eigenvalue weighted by Crippen LogP contribution is -2.19. The van der Waals surface area contributed by atoms with Gasteiger partial charge in [-0.3, -0.25) is 0 Å². The molecule has 0 saturated heterocycles. The van der Waals surface area contributed by atoms with Crippen LogP contribution in [0.3, 0.4) is 0 Å². The third-order valence-electron chi connectivity index (χ3n) is 2.53. The smallest absolute Gasteiger partial charge is 0.168 e. The van der Waals surface area contributed by atoms with Crippen LogP contribution in [0.4, 0.5) is 20.4 Å². The van der Waals surface area contributed by atoms with Crippen LogP contribution in [-0.2, 0) is 6.54 Å². The Morgan fingerprint density at radius 3 is 2.68 bits per heavy atom. The average molecular weight is 304 g/mol. The highest BCUT2D eigenvalue weighted by atomic mass is 35.5. The molecule has 2 aromatic heterocycles. The molecule has 0 unspecified atom stereocenters. The van der Waals surface area contributed by atoms with Crippen molar-refractivity contribution in [1.29, 1.82) is 0 Å². The lowest BCUT2D eigenvalue weighted by Gasteiger charge is -2.18. The van der Waals surface area contributed by atoms with Crippen LogP contribution in [0.1, 0.15) is 4.88 Å². The summed E-state index contributed by atoms with van der Waals surface area (Å²) in [5.74, 6) is -1.29. The fourth-order valence-corrected chi connectivity index (χ4v) is 2.79. The van der Waals surface area contributed by atoms with Crippen molar-refractivity contribution in [3.8, 4) is 0 Å². The first-order valence-corrected chi connectivity index (χ1v) is 6.70. The van der Waals surface area contributed by atoms with Crippen molar-refractivity contribution >= 4 is 34.6 Å². The molecule has 0 aliphatic rings. The molecule has 0 atom stereocenters. The number of rotatable bonds is 4. The van der Waals surface area contributed by atoms with Crippen LogP contribution in [0.2, 0.25) is 4.34 Å². The van der Waals surface area contributed by atoms with Gasteiger partial charge in [-0.1, -0.05) is 11.6 Å². The number of aromatic nitrogens is 1. The Labute approximate surface area is 118 Å². The highest BCUT2D eigenvalue weighted by Crippen LogP contribution is 2.26. The summed E-state index contributed by atoms with van der Waals surface area (Å²) in [5.41, 5.74) is 0. The van der Waals surface area contributed by atoms with Crippen molar-refractivity contribution in [2.24, 2.45) is 0 Å². The normalized spacial score (nSPS) is 10.6. The van der Waals surface area contributed by atoms with Gasteiger partial charge in [0.2, 0.25) is 0 Å². The standard InChI is InChI=1S/C12H12ClF2N3S/c1-16-11-8(14)5-9(15)12(17-11)18(2)6-7-3-4-10(13)19-7/h3-5H,6H2,1-2H3,(H,16,17). The van der Waals surface area contributed by atoms with Crippen LogP contribution in [0.5, 0.6) is 0 Å². The van der Waals surface area contributed by atoms with Crippen molar-refractivity contribution in [3.63, 3.8) is 0 Å². The van der Waals surface area contributed by atoms with Gasteiger partial charge in [0, 0.05) is 25.0 Å². The van der Waals surface area contributed by atoms with Crippen molar-refractivity contribution in [3.05, 3.63) is 39.0 Å². The quantitative estimate of drug-likeness (QED) is 0.932. The maximum atomic E-state index is 13.7. The van der Waals surface area contributed by atoms with Crippen LogP contribution in [-0.4, -0.2) is 19.1 Å². The number of hydrogen-bond donors (Lipinski definition) is 1. The maximum Gasteiger partial charge on any atom is 0.168 e. The van der Waals surface area contributed by atoms with E-state index in [-0.39, 0.29) is 11.6 Å². The second-order valence-electron chi connectivity index (χ2n) is 3.94. The minimum atomic E-state index is -0.712. The zero-order valence-corrected chi connectivity index (χ0v) is 11.9. The first-order valence-electron chi connectivity index (χ1n) is 5.50. The largest absolute Gasteiger partial charge is 0.371 e. The van der Waals surface area contributed by atoms with Crippen molar-refractivity contribution in [2.75, 3.05) is 24.3 Å². The second kappa shape index (κ2) is 5.71. The number of anilines is 2. The SMILES string of the molecule is CNc1nc(N(C)Cc2ccc(Cl)s2)c(F)cc1F. The van der Waals surface area contributed by atoms with Gasteiger partial charge in [-0.2, -0.15) is 0 Å². The molecule has 2 heterocycles. The number of nitrogens with zero attached hydrogens (tertiary/aromatic N) is 2. The summed E-state index contributed by atoms with van der Waals surface area (Å²) in [6, 6.07) is 4.47. The summed E-state index contributed by atoms with van der Waals surface area (Å²) in [7, 11) is 3.22. The Kier molecular flexibility index (Phi) is 4.21. The van der Waals surface area contributed by atoms with E-state index >= 15 is 0 Å². The molecule has 0 aliphatic heterocycles. The van der Waals surface area contributed by atoms with E-state index in [1.807, 2.05) is 6.07 Å². The molecule has 1 N–H and O–H groups in total. The Hall–Kier alpha value is -1.40. The van der Waals surface area contributed by atoms with Crippen LogP contribution in [0.15, 0.2) is 18.2 Å². The third-order valence-corrected chi connectivity index (χ3v) is 3.75. The predicted molar refractivity (Wildman–Crippen MR) is 75.1 cm³/mol. The number of thiophene rings is 1. The van der Waals surface area contributed by atoms with E-state index in [4.69, 9.17) is 11.6 Å². The molecular weight excluding hydrogens is 292 g/mol. The van der Waals surface area contributed by atoms with E-state index in [9.17, 15) is 8.78 Å². The molecule has 2 aromatic rings. The third kappa shape index (κ3) is 3.13. The van der Waals surface area contributed by atoms with Gasteiger partial charge in [0.05, 0.1) is 10.9 Å². The van der Waals surface area contributed by atoms with Crippen LogP contribution < -0.4 is 10.2 Å². The number of pyridine rings is 1. The lowest BCUT2D eigenvalue weighted by molar-refractivity contribution is 0.573. The highest BCUT2D eigenvalue weighted by molar-refractivity contribution is 7.16. The summed E-state index contributed by atoms with van der Waals surface area (Å²) >= 11 is 7.25. The summed E-state index contributed by atoms with van der Waals surface area (Å²) < 4.78 is 27.7. The van der Waals surface area contributed by atoms with E-state index in [1.54, 1.807) is 18.0 Å². The molecule has 0 radical (unpaired) electrons. The molecule has 7 heteroatoms. The van der Waals surface area contributed by atoms with Crippen LogP contribution in [0, 0.1) is 11.6 Å². The van der Waals surface area contributed by atoms with Gasteiger partial charge >= 0.3 is 0 Å². The summed E-state index contributed by atoms with van der Waals surface area (Å²) in [6.07, 6.45) is 0. The summed E-state index contributed by atoms with van der Waals surface area (Å²) in [6.45, 7) is 0.454. The van der Waals surface area contributed by atoms with Gasteiger partial charge in [0.25, 0.3) is 0 Å². The van der Waals surface area contributed by atoms with E-state index in [0.717, 1.165) is 10.9 Å². The first kappa shape index (κ1) is 14.0. The zero-order valence-electron chi connectivity index (χ0n) is 10.4. The Morgan fingerprint density at radius 2 is 2.11 bits per heavy atom. The topological polar surface area (TPSA) is 28.2 Å². The number of halogens is 3. The predicted octanol–water partition coefficient (Wildman–Crippen LogP) is 3.75. The van der Waals surface area contributed by atoms with Gasteiger partial charge in [-0.25, -0.2) is 13.8 Å². The van der Waals surface area contributed by atoms with Crippen molar-refractivity contribution < 1.29 is 8.78 Å². The summed E-state index contributed by atoms with van der Waals surface area (Å²) in [5, 5.41) is 2.59. The molecule has 3 nitrogen and oxygen atoms in total. The fraction of sp³-hybridized carbons (Fsp3) is 0.250. The van der Waals surface area contributed by atoms with Gasteiger partial charge in [-0.15, -0.1) is 11.3 Å². The van der Waals surface area contributed by atoms with Crippen LogP contribution in [0.25, 0.3) is 0 Å². The lowest BCUT2D eigenvalue weighted by atomic mass is 10.3. The molecule has 0 fully saturated rings. The minimum Gasteiger partial charge on any atom is -0.371 e. The van der Waals surface area contributed by atoms with E-state index in [1.165, 1.54) is 18.4 Å². The molecule has 0 bridgehead atoms. The maximum absolute atomic E-state index is 13.7. The molecule has 19 heavy (non-hydrogen) atoms. The van der Waals surface area contributed by atoms with Crippen molar-refractivity contribution in [1.82, 2.24) is 4.98 Å². The fourth-order valence-electron chi connectivity index (χ4n) is 1.65. The molecule has 0 saturated carbocycles. The van der Waals surface area contributed by atoms with Gasteiger partial charge < -0.3 is 10.2 Å². The van der Waals surface area contributed by atoms with Gasteiger partial charge in [-0.05, 0) is 12.1 Å². The van der Waals surface area contributed by atoms with E-state index in [2.05, 4.69) is 10.3 Å². The molecular formula is C12H12ClF2N3S. The van der Waals surface area contributed by atoms with Crippen LogP contribution >= 0.6 is 22.9 Å². The Balaban J connectivity index is 2.25. The Morgan fingerprint density at radius 1 is 1.37 bits per heavy atom. The zero-order chi connectivity index (χ0) is 14.0. The molecule has 0 aromatic carbocycles. The highest BCUT2D eigenvalue weighted by Gasteiger charge is 2.15. The molecule has 102 valence electrons. The van der Waals surface area contributed by atoms with E-state index < -0.39 is 11.6 Å². The molecule has 2 rings (SSSR count). The number of hydrogen-bond acceptors (Lipinski definition) is 4. The second-order valence-corrected chi connectivity index (χ2v) is 5.74. The molecule has 0 aliphatic carbocycles. The van der Waals surface area contributed by atoms with Crippen molar-refractivity contribution in [2.45, 2.75) is 6.54 Å². The minimum absolute atomic E-state index is 0.0208. The average Bonchev–Trinajstić information content (AvgIpc) is 2.74. The first-order chi connectivity index (χ1) is 9.01. The van der Waals surface area contributed by atoms with E-state index in [0.29, 0.717) is 10.9 Å². The molecule has 0 amide bonds. The Bertz CT molecular complexity index is 588. The number of nitrogens with one attached hydrogen (secondary N) is 1. The van der Waals surface area contributed by atoms with Gasteiger partial charge in [0.15, 0.2) is 23.3 Å². The van der Waals surface area contributed by atoms with Gasteiger partial charge in [0.1, 0.15) is 0 Å². The molecule has 0 spiro atoms. The monoisotopic (exact) mass is 303 g/mol. The summed E-state index contributed by atoms with van der Waals surface area (Å²) in [4.78, 5) is 6.51.